The predicted molar refractivity (Wildman–Crippen MR) is 67.2 cm³/mol. The lowest BCUT2D eigenvalue weighted by molar-refractivity contribution is 0.342. The van der Waals surface area contributed by atoms with Crippen molar-refractivity contribution in [3.05, 3.63) is 16.1 Å². The Bertz CT molecular complexity index is 310. The second kappa shape index (κ2) is 4.62. The minimum Gasteiger partial charge on any atom is -0.322 e. The Labute approximate surface area is 96.9 Å². The van der Waals surface area contributed by atoms with E-state index in [0.29, 0.717) is 5.92 Å². The van der Waals surface area contributed by atoms with Crippen LogP contribution in [-0.4, -0.2) is 4.98 Å². The van der Waals surface area contributed by atoms with Gasteiger partial charge < -0.3 is 5.73 Å². The summed E-state index contributed by atoms with van der Waals surface area (Å²) in [6.07, 6.45) is 0.984. The molecule has 0 aliphatic carbocycles. The second-order valence-electron chi connectivity index (χ2n) is 5.64. The first-order chi connectivity index (χ1) is 6.79. The molecular formula is C12H22N2S. The Morgan fingerprint density at radius 3 is 2.40 bits per heavy atom. The van der Waals surface area contributed by atoms with Crippen LogP contribution in [0, 0.1) is 5.41 Å². The molecule has 0 aliphatic heterocycles. The summed E-state index contributed by atoms with van der Waals surface area (Å²) < 4.78 is 0. The summed E-state index contributed by atoms with van der Waals surface area (Å²) in [6.45, 7) is 11.0. The minimum absolute atomic E-state index is 0.0856. The summed E-state index contributed by atoms with van der Waals surface area (Å²) in [7, 11) is 0. The third-order valence-electron chi connectivity index (χ3n) is 2.28. The molecule has 1 heterocycles. The minimum atomic E-state index is 0.0856. The molecule has 0 radical (unpaired) electrons. The smallest absolute Gasteiger partial charge is 0.110 e. The molecule has 86 valence electrons. The number of hydrogen-bond acceptors (Lipinski definition) is 3. The first-order valence-electron chi connectivity index (χ1n) is 5.50. The van der Waals surface area contributed by atoms with Crippen LogP contribution in [0.15, 0.2) is 5.38 Å². The molecule has 1 aromatic heterocycles. The van der Waals surface area contributed by atoms with Crippen LogP contribution >= 0.6 is 11.3 Å². The van der Waals surface area contributed by atoms with Crippen molar-refractivity contribution >= 4 is 11.3 Å². The van der Waals surface area contributed by atoms with E-state index in [1.165, 1.54) is 5.69 Å². The van der Waals surface area contributed by atoms with Gasteiger partial charge in [-0.05, 0) is 17.8 Å². The average Bonchev–Trinajstić information content (AvgIpc) is 2.47. The zero-order valence-electron chi connectivity index (χ0n) is 10.4. The monoisotopic (exact) mass is 226 g/mol. The fraction of sp³-hybridized carbons (Fsp3) is 0.750. The van der Waals surface area contributed by atoms with Gasteiger partial charge in [-0.15, -0.1) is 11.3 Å². The molecule has 1 unspecified atom stereocenters. The maximum Gasteiger partial charge on any atom is 0.110 e. The van der Waals surface area contributed by atoms with Crippen LogP contribution in [0.3, 0.4) is 0 Å². The highest BCUT2D eigenvalue weighted by molar-refractivity contribution is 7.09. The molecule has 0 bridgehead atoms. The van der Waals surface area contributed by atoms with E-state index in [1.54, 1.807) is 11.3 Å². The fourth-order valence-corrected chi connectivity index (χ4v) is 2.47. The van der Waals surface area contributed by atoms with Gasteiger partial charge in [0.2, 0.25) is 0 Å². The molecule has 2 nitrogen and oxygen atoms in total. The molecule has 15 heavy (non-hydrogen) atoms. The standard InChI is InChI=1S/C12H22N2S/c1-8(2)10-7-15-11(14-10)9(13)6-12(3,4)5/h7-9H,6,13H2,1-5H3. The largest absolute Gasteiger partial charge is 0.322 e. The van der Waals surface area contributed by atoms with Gasteiger partial charge >= 0.3 is 0 Å². The van der Waals surface area contributed by atoms with Gasteiger partial charge in [0.15, 0.2) is 0 Å². The van der Waals surface area contributed by atoms with Crippen molar-refractivity contribution in [3.8, 4) is 0 Å². The van der Waals surface area contributed by atoms with Crippen LogP contribution in [0.4, 0.5) is 0 Å². The molecular weight excluding hydrogens is 204 g/mol. The van der Waals surface area contributed by atoms with Crippen LogP contribution in [0.5, 0.6) is 0 Å². The van der Waals surface area contributed by atoms with Gasteiger partial charge in [0.05, 0.1) is 11.7 Å². The summed E-state index contributed by atoms with van der Waals surface area (Å²) in [4.78, 5) is 4.59. The second-order valence-corrected chi connectivity index (χ2v) is 6.53. The molecule has 1 rings (SSSR count). The number of thiazole rings is 1. The number of rotatable bonds is 3. The van der Waals surface area contributed by atoms with E-state index in [0.717, 1.165) is 11.4 Å². The Kier molecular flexibility index (Phi) is 3.90. The maximum absolute atomic E-state index is 6.14. The van der Waals surface area contributed by atoms with E-state index in [1.807, 2.05) is 0 Å². The van der Waals surface area contributed by atoms with E-state index in [9.17, 15) is 0 Å². The molecule has 0 aliphatic rings. The molecule has 0 spiro atoms. The van der Waals surface area contributed by atoms with Crippen molar-refractivity contribution in [2.75, 3.05) is 0 Å². The van der Waals surface area contributed by atoms with Crippen molar-refractivity contribution in [1.82, 2.24) is 4.98 Å². The molecule has 0 saturated carbocycles. The normalized spacial score (nSPS) is 14.6. The lowest BCUT2D eigenvalue weighted by atomic mass is 9.88. The van der Waals surface area contributed by atoms with E-state index >= 15 is 0 Å². The van der Waals surface area contributed by atoms with E-state index in [2.05, 4.69) is 45.0 Å². The van der Waals surface area contributed by atoms with Crippen molar-refractivity contribution in [1.29, 1.82) is 0 Å². The lowest BCUT2D eigenvalue weighted by Gasteiger charge is -2.21. The molecule has 3 heteroatoms. The summed E-state index contributed by atoms with van der Waals surface area (Å²) >= 11 is 1.69. The molecule has 1 atom stereocenters. The van der Waals surface area contributed by atoms with Gasteiger partial charge in [0.1, 0.15) is 5.01 Å². The van der Waals surface area contributed by atoms with E-state index in [-0.39, 0.29) is 11.5 Å². The van der Waals surface area contributed by atoms with E-state index < -0.39 is 0 Å². The van der Waals surface area contributed by atoms with Crippen LogP contribution in [-0.2, 0) is 0 Å². The zero-order valence-corrected chi connectivity index (χ0v) is 11.2. The topological polar surface area (TPSA) is 38.9 Å². The SMILES string of the molecule is CC(C)c1csc(C(N)CC(C)(C)C)n1. The number of hydrogen-bond donors (Lipinski definition) is 1. The number of nitrogens with zero attached hydrogens (tertiary/aromatic N) is 1. The summed E-state index contributed by atoms with van der Waals surface area (Å²) in [6, 6.07) is 0.0856. The molecule has 0 saturated heterocycles. The average molecular weight is 226 g/mol. The van der Waals surface area contributed by atoms with Crippen molar-refractivity contribution in [2.24, 2.45) is 11.1 Å². The number of nitrogens with two attached hydrogens (primary N) is 1. The Hall–Kier alpha value is -0.410. The predicted octanol–water partition coefficient (Wildman–Crippen LogP) is 3.70. The van der Waals surface area contributed by atoms with Gasteiger partial charge in [0.25, 0.3) is 0 Å². The first-order valence-corrected chi connectivity index (χ1v) is 6.38. The van der Waals surface area contributed by atoms with E-state index in [4.69, 9.17) is 5.73 Å². The van der Waals surface area contributed by atoms with Gasteiger partial charge in [-0.3, -0.25) is 0 Å². The quantitative estimate of drug-likeness (QED) is 0.853. The van der Waals surface area contributed by atoms with Crippen molar-refractivity contribution in [3.63, 3.8) is 0 Å². The molecule has 0 fully saturated rings. The molecule has 1 aromatic rings. The highest BCUT2D eigenvalue weighted by Crippen LogP contribution is 2.30. The molecule has 0 aromatic carbocycles. The summed E-state index contributed by atoms with van der Waals surface area (Å²) in [5.41, 5.74) is 7.58. The van der Waals surface area contributed by atoms with Crippen LogP contribution < -0.4 is 5.73 Å². The van der Waals surface area contributed by atoms with Gasteiger partial charge in [-0.1, -0.05) is 34.6 Å². The van der Waals surface area contributed by atoms with Crippen LogP contribution in [0.1, 0.15) is 63.7 Å². The lowest BCUT2D eigenvalue weighted by Crippen LogP contribution is -2.18. The van der Waals surface area contributed by atoms with Crippen LogP contribution in [0.25, 0.3) is 0 Å². The molecule has 0 amide bonds. The highest BCUT2D eigenvalue weighted by atomic mass is 32.1. The summed E-state index contributed by atoms with van der Waals surface area (Å²) in [5.74, 6) is 0.497. The maximum atomic E-state index is 6.14. The first kappa shape index (κ1) is 12.7. The zero-order chi connectivity index (χ0) is 11.6. The third-order valence-corrected chi connectivity index (χ3v) is 3.28. The Balaban J connectivity index is 2.70. The molecule has 2 N–H and O–H groups in total. The van der Waals surface area contributed by atoms with Gasteiger partial charge in [0, 0.05) is 5.38 Å². The van der Waals surface area contributed by atoms with Crippen molar-refractivity contribution in [2.45, 2.75) is 53.0 Å². The summed E-state index contributed by atoms with van der Waals surface area (Å²) in [5, 5.41) is 3.20. The Morgan fingerprint density at radius 2 is 2.00 bits per heavy atom. The third kappa shape index (κ3) is 3.92. The fourth-order valence-electron chi connectivity index (χ4n) is 1.48. The van der Waals surface area contributed by atoms with Gasteiger partial charge in [-0.2, -0.15) is 0 Å². The highest BCUT2D eigenvalue weighted by Gasteiger charge is 2.19. The van der Waals surface area contributed by atoms with Crippen LogP contribution in [0.2, 0.25) is 0 Å². The van der Waals surface area contributed by atoms with Gasteiger partial charge in [-0.25, -0.2) is 4.98 Å². The number of aromatic nitrogens is 1. The Morgan fingerprint density at radius 1 is 1.40 bits per heavy atom. The van der Waals surface area contributed by atoms with Crippen molar-refractivity contribution < 1.29 is 0 Å².